The van der Waals surface area contributed by atoms with E-state index in [1.165, 1.54) is 11.8 Å². The second-order valence-electron chi connectivity index (χ2n) is 6.48. The van der Waals surface area contributed by atoms with E-state index in [-0.39, 0.29) is 11.7 Å². The molecule has 0 aliphatic heterocycles. The lowest BCUT2D eigenvalue weighted by atomic mass is 10.1. The number of aliphatic carboxylic acids is 1. The Kier molecular flexibility index (Phi) is 7.26. The molecule has 6 nitrogen and oxygen atoms in total. The molecule has 2 N–H and O–H groups in total. The van der Waals surface area contributed by atoms with E-state index in [1.807, 2.05) is 35.9 Å². The van der Waals surface area contributed by atoms with E-state index >= 15 is 0 Å². The van der Waals surface area contributed by atoms with E-state index in [0.717, 1.165) is 24.2 Å². The van der Waals surface area contributed by atoms with Crippen LogP contribution in [0.15, 0.2) is 30.5 Å². The van der Waals surface area contributed by atoms with Crippen LogP contribution in [0.25, 0.3) is 0 Å². The van der Waals surface area contributed by atoms with E-state index in [1.54, 1.807) is 6.20 Å². The highest BCUT2D eigenvalue weighted by Crippen LogP contribution is 2.19. The number of benzene rings is 1. The van der Waals surface area contributed by atoms with Gasteiger partial charge in [0.1, 0.15) is 0 Å². The van der Waals surface area contributed by atoms with Crippen molar-refractivity contribution in [1.29, 1.82) is 0 Å². The Bertz CT molecular complexity index is 771. The van der Waals surface area contributed by atoms with Crippen molar-refractivity contribution in [1.82, 2.24) is 9.78 Å². The van der Waals surface area contributed by atoms with Crippen molar-refractivity contribution in [3.05, 3.63) is 47.3 Å². The van der Waals surface area contributed by atoms with Crippen molar-refractivity contribution in [3.63, 3.8) is 0 Å². The van der Waals surface area contributed by atoms with Gasteiger partial charge in [0.05, 0.1) is 23.2 Å². The molecule has 0 spiro atoms. The van der Waals surface area contributed by atoms with Gasteiger partial charge in [-0.2, -0.15) is 5.10 Å². The van der Waals surface area contributed by atoms with E-state index in [2.05, 4.69) is 24.3 Å². The Hall–Kier alpha value is -2.28. The number of carboxylic acids is 1. The minimum atomic E-state index is -0.829. The fourth-order valence-electron chi connectivity index (χ4n) is 2.67. The molecule has 1 aromatic heterocycles. The summed E-state index contributed by atoms with van der Waals surface area (Å²) in [6.45, 7) is 7.04. The number of anilines is 1. The fraction of sp³-hybridized carbons (Fsp3) is 0.421. The van der Waals surface area contributed by atoms with Gasteiger partial charge in [-0.25, -0.2) is 0 Å². The lowest BCUT2D eigenvalue weighted by Gasteiger charge is -2.11. The van der Waals surface area contributed by atoms with E-state index in [9.17, 15) is 9.59 Å². The highest BCUT2D eigenvalue weighted by molar-refractivity contribution is 7.99. The maximum atomic E-state index is 12.7. The van der Waals surface area contributed by atoms with Crippen LogP contribution in [0.4, 0.5) is 5.69 Å². The lowest BCUT2D eigenvalue weighted by molar-refractivity contribution is -0.133. The number of carboxylic acid groups (broad SMARTS) is 1. The van der Waals surface area contributed by atoms with Crippen LogP contribution in [0.5, 0.6) is 0 Å². The van der Waals surface area contributed by atoms with Crippen LogP contribution >= 0.6 is 11.8 Å². The van der Waals surface area contributed by atoms with Crippen molar-refractivity contribution >= 4 is 29.3 Å². The SMILES string of the molecule is CCc1c(C(=O)Nc2cccc(CSCC(=O)O)c2)cnn1CC(C)C. The molecule has 0 radical (unpaired) electrons. The summed E-state index contributed by atoms with van der Waals surface area (Å²) in [4.78, 5) is 23.3. The predicted molar refractivity (Wildman–Crippen MR) is 105 cm³/mol. The van der Waals surface area contributed by atoms with Crippen LogP contribution in [0.3, 0.4) is 0 Å². The highest BCUT2D eigenvalue weighted by atomic mass is 32.2. The van der Waals surface area contributed by atoms with Crippen molar-refractivity contribution in [2.45, 2.75) is 39.5 Å². The molecule has 1 heterocycles. The first kappa shape index (κ1) is 20.0. The van der Waals surface area contributed by atoms with Crippen molar-refractivity contribution < 1.29 is 14.7 Å². The van der Waals surface area contributed by atoms with E-state index < -0.39 is 5.97 Å². The van der Waals surface area contributed by atoms with Gasteiger partial charge in [-0.05, 0) is 30.0 Å². The number of carbonyl (C=O) groups excluding carboxylic acids is 1. The van der Waals surface area contributed by atoms with Crippen LogP contribution in [0.2, 0.25) is 0 Å². The first-order valence-electron chi connectivity index (χ1n) is 8.65. The number of nitrogens with zero attached hydrogens (tertiary/aromatic N) is 2. The van der Waals surface area contributed by atoms with Crippen LogP contribution in [0, 0.1) is 5.92 Å². The van der Waals surface area contributed by atoms with Crippen molar-refractivity contribution in [3.8, 4) is 0 Å². The van der Waals surface area contributed by atoms with Gasteiger partial charge in [0.15, 0.2) is 0 Å². The van der Waals surface area contributed by atoms with Gasteiger partial charge in [-0.1, -0.05) is 32.9 Å². The number of amides is 1. The summed E-state index contributed by atoms with van der Waals surface area (Å²) in [6, 6.07) is 7.47. The Morgan fingerprint density at radius 3 is 2.77 bits per heavy atom. The molecule has 140 valence electrons. The van der Waals surface area contributed by atoms with E-state index in [0.29, 0.717) is 22.9 Å². The molecule has 0 aliphatic carbocycles. The highest BCUT2D eigenvalue weighted by Gasteiger charge is 2.17. The Morgan fingerprint density at radius 2 is 2.12 bits per heavy atom. The smallest absolute Gasteiger partial charge is 0.313 e. The predicted octanol–water partition coefficient (Wildman–Crippen LogP) is 3.67. The average Bonchev–Trinajstić information content (AvgIpc) is 2.96. The maximum Gasteiger partial charge on any atom is 0.313 e. The molecule has 0 aliphatic rings. The monoisotopic (exact) mass is 375 g/mol. The van der Waals surface area contributed by atoms with Gasteiger partial charge in [0.2, 0.25) is 0 Å². The molecule has 1 amide bonds. The summed E-state index contributed by atoms with van der Waals surface area (Å²) in [7, 11) is 0. The van der Waals surface area contributed by atoms with Crippen molar-refractivity contribution in [2.24, 2.45) is 5.92 Å². The quantitative estimate of drug-likeness (QED) is 0.698. The zero-order chi connectivity index (χ0) is 19.1. The summed E-state index contributed by atoms with van der Waals surface area (Å²) >= 11 is 1.33. The lowest BCUT2D eigenvalue weighted by Crippen LogP contribution is -2.15. The van der Waals surface area contributed by atoms with Crippen LogP contribution in [-0.2, 0) is 23.5 Å². The van der Waals surface area contributed by atoms with Gasteiger partial charge in [0, 0.05) is 18.0 Å². The molecule has 0 unspecified atom stereocenters. The fourth-order valence-corrected chi connectivity index (χ4v) is 3.36. The zero-order valence-electron chi connectivity index (χ0n) is 15.4. The number of thioether (sulfide) groups is 1. The summed E-state index contributed by atoms with van der Waals surface area (Å²) in [6.07, 6.45) is 2.37. The van der Waals surface area contributed by atoms with Gasteiger partial charge < -0.3 is 10.4 Å². The molecule has 0 saturated carbocycles. The van der Waals surface area contributed by atoms with Gasteiger partial charge in [-0.3, -0.25) is 14.3 Å². The number of nitrogens with one attached hydrogen (secondary N) is 1. The maximum absolute atomic E-state index is 12.7. The van der Waals surface area contributed by atoms with Gasteiger partial charge in [0.25, 0.3) is 5.91 Å². The number of rotatable bonds is 9. The summed E-state index contributed by atoms with van der Waals surface area (Å²) in [5.41, 5.74) is 3.20. The summed E-state index contributed by atoms with van der Waals surface area (Å²) in [5, 5.41) is 16.0. The Labute approximate surface area is 158 Å². The molecule has 0 saturated heterocycles. The van der Waals surface area contributed by atoms with Crippen LogP contribution in [0.1, 0.15) is 42.4 Å². The van der Waals surface area contributed by atoms with Gasteiger partial charge in [-0.15, -0.1) is 11.8 Å². The normalized spacial score (nSPS) is 10.9. The molecule has 0 fully saturated rings. The molecular formula is C19H25N3O3S. The first-order chi connectivity index (χ1) is 12.4. The van der Waals surface area contributed by atoms with Gasteiger partial charge >= 0.3 is 5.97 Å². The number of hydrogen-bond acceptors (Lipinski definition) is 4. The third-order valence-corrected chi connectivity index (χ3v) is 4.73. The molecule has 7 heteroatoms. The minimum absolute atomic E-state index is 0.0610. The molecule has 0 atom stereocenters. The van der Waals surface area contributed by atoms with E-state index in [4.69, 9.17) is 5.11 Å². The third kappa shape index (κ3) is 5.62. The largest absolute Gasteiger partial charge is 0.481 e. The van der Waals surface area contributed by atoms with Crippen molar-refractivity contribution in [2.75, 3.05) is 11.1 Å². The second-order valence-corrected chi connectivity index (χ2v) is 7.46. The Morgan fingerprint density at radius 1 is 1.35 bits per heavy atom. The topological polar surface area (TPSA) is 84.2 Å². The summed E-state index contributed by atoms with van der Waals surface area (Å²) in [5.74, 6) is 0.0989. The average molecular weight is 375 g/mol. The molecule has 2 aromatic rings. The Balaban J connectivity index is 2.08. The number of carbonyl (C=O) groups is 2. The van der Waals surface area contributed by atoms with Crippen LogP contribution in [-0.4, -0.2) is 32.5 Å². The molecule has 26 heavy (non-hydrogen) atoms. The zero-order valence-corrected chi connectivity index (χ0v) is 16.2. The second kappa shape index (κ2) is 9.43. The van der Waals surface area contributed by atoms with Crippen LogP contribution < -0.4 is 5.32 Å². The first-order valence-corrected chi connectivity index (χ1v) is 9.80. The molecule has 2 rings (SSSR count). The molecular weight excluding hydrogens is 350 g/mol. The minimum Gasteiger partial charge on any atom is -0.481 e. The third-order valence-electron chi connectivity index (χ3n) is 3.75. The molecule has 1 aromatic carbocycles. The number of aromatic nitrogens is 2. The summed E-state index contributed by atoms with van der Waals surface area (Å²) < 4.78 is 1.90. The standard InChI is InChI=1S/C19H25N3O3S/c1-4-17-16(9-20-22(17)10-13(2)3)19(25)21-15-7-5-6-14(8-15)11-26-12-18(23)24/h5-9,13H,4,10-12H2,1-3H3,(H,21,25)(H,23,24). The molecule has 0 bridgehead atoms. The number of hydrogen-bond donors (Lipinski definition) is 2.